The number of pyridine rings is 2. The van der Waals surface area contributed by atoms with E-state index >= 15 is 0 Å². The minimum Gasteiger partial charge on any atom is -0.256 e. The quantitative estimate of drug-likeness (QED) is 0.332. The number of benzene rings is 2. The van der Waals surface area contributed by atoms with Crippen LogP contribution in [0.2, 0.25) is 0 Å². The van der Waals surface area contributed by atoms with Crippen molar-refractivity contribution in [1.82, 2.24) is 19.9 Å². The van der Waals surface area contributed by atoms with E-state index in [-0.39, 0.29) is 0 Å². The molecule has 156 valence electrons. The summed E-state index contributed by atoms with van der Waals surface area (Å²) in [7, 11) is 0. The molecule has 0 atom stereocenters. The molecular weight excluding hydrogens is 413 g/mol. The third kappa shape index (κ3) is 3.69. The van der Waals surface area contributed by atoms with E-state index in [1.165, 1.54) is 12.3 Å². The van der Waals surface area contributed by atoms with Crippen LogP contribution in [0.1, 0.15) is 5.69 Å². The smallest absolute Gasteiger partial charge is 0.256 e. The number of nitrogens with zero attached hydrogens (tertiary/aromatic N) is 4. The number of para-hydroxylation sites is 1. The first-order valence-corrected chi connectivity index (χ1v) is 9.81. The van der Waals surface area contributed by atoms with Crippen LogP contribution in [-0.4, -0.2) is 19.9 Å². The van der Waals surface area contributed by atoms with E-state index in [1.807, 2.05) is 60.7 Å². The van der Waals surface area contributed by atoms with Gasteiger partial charge in [0.2, 0.25) is 0 Å². The highest BCUT2D eigenvalue weighted by molar-refractivity contribution is 5.97. The van der Waals surface area contributed by atoms with Gasteiger partial charge in [0.15, 0.2) is 5.82 Å². The van der Waals surface area contributed by atoms with E-state index in [0.29, 0.717) is 22.6 Å². The van der Waals surface area contributed by atoms with E-state index in [9.17, 15) is 13.2 Å². The lowest BCUT2D eigenvalue weighted by Gasteiger charge is -2.13. The van der Waals surface area contributed by atoms with Crippen molar-refractivity contribution in [2.24, 2.45) is 0 Å². The molecule has 2 aromatic carbocycles. The van der Waals surface area contributed by atoms with E-state index in [2.05, 4.69) is 15.0 Å². The fourth-order valence-corrected chi connectivity index (χ4v) is 3.56. The minimum atomic E-state index is -4.51. The fourth-order valence-electron chi connectivity index (χ4n) is 3.56. The van der Waals surface area contributed by atoms with Crippen molar-refractivity contribution in [3.63, 3.8) is 0 Å². The molecule has 0 radical (unpaired) electrons. The molecule has 0 aliphatic rings. The van der Waals surface area contributed by atoms with Gasteiger partial charge in [-0.3, -0.25) is 9.97 Å². The Morgan fingerprint density at radius 1 is 0.625 bits per heavy atom. The Kier molecular flexibility index (Phi) is 4.86. The Morgan fingerprint density at radius 3 is 2.16 bits per heavy atom. The number of hydrogen-bond donors (Lipinski definition) is 0. The molecule has 7 heteroatoms. The Bertz CT molecular complexity index is 1390. The van der Waals surface area contributed by atoms with Crippen molar-refractivity contribution in [2.45, 2.75) is 6.18 Å². The molecule has 32 heavy (non-hydrogen) atoms. The van der Waals surface area contributed by atoms with Gasteiger partial charge in [-0.1, -0.05) is 48.5 Å². The Balaban J connectivity index is 1.73. The molecule has 0 unspecified atom stereocenters. The van der Waals surface area contributed by atoms with Gasteiger partial charge in [0, 0.05) is 40.7 Å². The average molecular weight is 428 g/mol. The molecule has 3 heterocycles. The maximum Gasteiger partial charge on any atom is 0.433 e. The summed E-state index contributed by atoms with van der Waals surface area (Å²) in [4.78, 5) is 17.3. The summed E-state index contributed by atoms with van der Waals surface area (Å²) in [6.07, 6.45) is 0.0814. The molecular formula is C25H15F3N4. The molecule has 0 saturated heterocycles. The standard InChI is InChI=1S/C25H15F3N4/c26-25(27,28)22-11-10-17(14-30-22)23-20(15-31-24(32-23)16-6-2-1-3-7-16)18-12-13-29-21-9-5-4-8-19(18)21/h1-15H. The fraction of sp³-hybridized carbons (Fsp3) is 0.0400. The van der Waals surface area contributed by atoms with Gasteiger partial charge in [-0.25, -0.2) is 9.97 Å². The Labute approximate surface area is 181 Å². The first kappa shape index (κ1) is 19.8. The lowest BCUT2D eigenvalue weighted by molar-refractivity contribution is -0.141. The summed E-state index contributed by atoms with van der Waals surface area (Å²) in [5, 5.41) is 0.896. The number of halogens is 3. The summed E-state index contributed by atoms with van der Waals surface area (Å²) in [6, 6.07) is 21.3. The maximum atomic E-state index is 13.0. The molecule has 0 amide bonds. The second-order valence-electron chi connectivity index (χ2n) is 7.13. The summed E-state index contributed by atoms with van der Waals surface area (Å²) < 4.78 is 39.1. The van der Waals surface area contributed by atoms with Crippen molar-refractivity contribution in [1.29, 1.82) is 0 Å². The summed E-state index contributed by atoms with van der Waals surface area (Å²) in [5.41, 5.74) is 3.14. The molecule has 5 rings (SSSR count). The third-order valence-corrected chi connectivity index (χ3v) is 5.09. The number of fused-ring (bicyclic) bond motifs is 1. The highest BCUT2D eigenvalue weighted by Crippen LogP contribution is 2.36. The van der Waals surface area contributed by atoms with Crippen molar-refractivity contribution in [3.05, 3.63) is 97.1 Å². The first-order valence-electron chi connectivity index (χ1n) is 9.81. The molecule has 0 N–H and O–H groups in total. The monoisotopic (exact) mass is 428 g/mol. The van der Waals surface area contributed by atoms with Crippen molar-refractivity contribution >= 4 is 10.9 Å². The molecule has 4 nitrogen and oxygen atoms in total. The lowest BCUT2D eigenvalue weighted by atomic mass is 9.98. The molecule has 0 saturated carbocycles. The van der Waals surface area contributed by atoms with E-state index in [1.54, 1.807) is 12.4 Å². The van der Waals surface area contributed by atoms with Crippen LogP contribution in [0.4, 0.5) is 13.2 Å². The SMILES string of the molecule is FC(F)(F)c1ccc(-c2nc(-c3ccccc3)ncc2-c2ccnc3ccccc23)cn1. The number of hydrogen-bond acceptors (Lipinski definition) is 4. The highest BCUT2D eigenvalue weighted by Gasteiger charge is 2.32. The number of rotatable bonds is 3. The molecule has 0 aliphatic carbocycles. The van der Waals surface area contributed by atoms with Crippen LogP contribution in [-0.2, 0) is 6.18 Å². The van der Waals surface area contributed by atoms with Crippen molar-refractivity contribution in [2.75, 3.05) is 0 Å². The third-order valence-electron chi connectivity index (χ3n) is 5.09. The number of alkyl halides is 3. The van der Waals surface area contributed by atoms with Gasteiger partial charge in [0.25, 0.3) is 0 Å². The topological polar surface area (TPSA) is 51.6 Å². The summed E-state index contributed by atoms with van der Waals surface area (Å²) >= 11 is 0. The second kappa shape index (κ2) is 7.85. The van der Waals surface area contributed by atoms with Gasteiger partial charge in [0.1, 0.15) is 5.69 Å². The molecule has 0 bridgehead atoms. The van der Waals surface area contributed by atoms with Crippen LogP contribution in [0, 0.1) is 0 Å². The lowest BCUT2D eigenvalue weighted by Crippen LogP contribution is -2.07. The predicted octanol–water partition coefficient (Wildman–Crippen LogP) is 6.44. The van der Waals surface area contributed by atoms with Gasteiger partial charge in [0.05, 0.1) is 11.2 Å². The van der Waals surface area contributed by atoms with E-state index in [0.717, 1.165) is 28.1 Å². The van der Waals surface area contributed by atoms with Crippen LogP contribution < -0.4 is 0 Å². The second-order valence-corrected chi connectivity index (χ2v) is 7.13. The van der Waals surface area contributed by atoms with E-state index in [4.69, 9.17) is 4.98 Å². The van der Waals surface area contributed by atoms with Crippen LogP contribution in [0.5, 0.6) is 0 Å². The molecule has 0 fully saturated rings. The molecule has 0 aliphatic heterocycles. The predicted molar refractivity (Wildman–Crippen MR) is 116 cm³/mol. The summed E-state index contributed by atoms with van der Waals surface area (Å²) in [5.74, 6) is 0.475. The van der Waals surface area contributed by atoms with Gasteiger partial charge in [-0.05, 0) is 29.8 Å². The van der Waals surface area contributed by atoms with Gasteiger partial charge < -0.3 is 0 Å². The Hall–Kier alpha value is -4.13. The van der Waals surface area contributed by atoms with Gasteiger partial charge in [-0.2, -0.15) is 13.2 Å². The zero-order valence-corrected chi connectivity index (χ0v) is 16.6. The van der Waals surface area contributed by atoms with Crippen LogP contribution >= 0.6 is 0 Å². The van der Waals surface area contributed by atoms with Crippen LogP contribution in [0.3, 0.4) is 0 Å². The molecule has 5 aromatic rings. The van der Waals surface area contributed by atoms with Gasteiger partial charge in [-0.15, -0.1) is 0 Å². The summed E-state index contributed by atoms with van der Waals surface area (Å²) in [6.45, 7) is 0. The van der Waals surface area contributed by atoms with Crippen molar-refractivity contribution in [3.8, 4) is 33.8 Å². The van der Waals surface area contributed by atoms with Gasteiger partial charge >= 0.3 is 6.18 Å². The van der Waals surface area contributed by atoms with Crippen LogP contribution in [0.15, 0.2) is 91.4 Å². The Morgan fingerprint density at radius 2 is 1.41 bits per heavy atom. The zero-order valence-electron chi connectivity index (χ0n) is 16.6. The van der Waals surface area contributed by atoms with Crippen molar-refractivity contribution < 1.29 is 13.2 Å². The average Bonchev–Trinajstić information content (AvgIpc) is 2.83. The zero-order chi connectivity index (χ0) is 22.1. The number of aromatic nitrogens is 4. The highest BCUT2D eigenvalue weighted by atomic mass is 19.4. The normalized spacial score (nSPS) is 11.6. The van der Waals surface area contributed by atoms with Crippen LogP contribution in [0.25, 0.3) is 44.7 Å². The van der Waals surface area contributed by atoms with E-state index < -0.39 is 11.9 Å². The maximum absolute atomic E-state index is 13.0. The minimum absolute atomic E-state index is 0.466. The molecule has 3 aromatic heterocycles. The molecule has 0 spiro atoms. The first-order chi connectivity index (χ1) is 15.5. The largest absolute Gasteiger partial charge is 0.433 e.